The Labute approximate surface area is 106 Å². The number of nitrogens with one attached hydrogen (secondary N) is 1. The van der Waals surface area contributed by atoms with E-state index in [4.69, 9.17) is 0 Å². The Balaban J connectivity index is 1.59. The van der Waals surface area contributed by atoms with E-state index in [9.17, 15) is 4.79 Å². The van der Waals surface area contributed by atoms with Crippen molar-refractivity contribution in [2.75, 3.05) is 13.1 Å². The molecule has 1 aliphatic heterocycles. The number of likely N-dealkylation sites (tertiary alicyclic amines) is 1. The molecule has 0 spiro atoms. The van der Waals surface area contributed by atoms with Crippen LogP contribution in [0.2, 0.25) is 0 Å². The summed E-state index contributed by atoms with van der Waals surface area (Å²) in [5, 5.41) is 7.40. The van der Waals surface area contributed by atoms with E-state index in [1.165, 1.54) is 31.2 Å². The highest BCUT2D eigenvalue weighted by Gasteiger charge is 2.29. The minimum atomic E-state index is 0.203. The number of carbonyl (C=O) groups excluding carboxylic acids is 1. The molecule has 1 saturated heterocycles. The van der Waals surface area contributed by atoms with Crippen molar-refractivity contribution in [3.8, 4) is 0 Å². The minimum absolute atomic E-state index is 0.203. The van der Waals surface area contributed by atoms with E-state index in [0.717, 1.165) is 6.54 Å². The van der Waals surface area contributed by atoms with Gasteiger partial charge >= 0.3 is 0 Å². The zero-order valence-corrected chi connectivity index (χ0v) is 10.7. The molecule has 3 nitrogen and oxygen atoms in total. The van der Waals surface area contributed by atoms with Gasteiger partial charge in [-0.25, -0.2) is 0 Å². The van der Waals surface area contributed by atoms with Gasteiger partial charge in [0.1, 0.15) is 0 Å². The van der Waals surface area contributed by atoms with Crippen molar-refractivity contribution in [2.45, 2.75) is 37.8 Å². The number of amides is 1. The molecular formula is C13H18N2OS. The highest BCUT2D eigenvalue weighted by atomic mass is 32.1. The van der Waals surface area contributed by atoms with Gasteiger partial charge in [0, 0.05) is 12.1 Å². The van der Waals surface area contributed by atoms with Crippen LogP contribution in [0.1, 0.15) is 37.3 Å². The van der Waals surface area contributed by atoms with E-state index in [1.54, 1.807) is 11.3 Å². The van der Waals surface area contributed by atoms with Gasteiger partial charge in [-0.2, -0.15) is 11.3 Å². The number of hydrogen-bond acceptors (Lipinski definition) is 3. The van der Waals surface area contributed by atoms with Crippen molar-refractivity contribution in [2.24, 2.45) is 0 Å². The largest absolute Gasteiger partial charge is 0.352 e. The van der Waals surface area contributed by atoms with E-state index in [2.05, 4.69) is 27.0 Å². The van der Waals surface area contributed by atoms with E-state index in [1.807, 2.05) is 0 Å². The third kappa shape index (κ3) is 2.69. The first kappa shape index (κ1) is 11.2. The molecular weight excluding hydrogens is 232 g/mol. The lowest BCUT2D eigenvalue weighted by Crippen LogP contribution is -2.37. The molecule has 1 N–H and O–H groups in total. The summed E-state index contributed by atoms with van der Waals surface area (Å²) in [5.41, 5.74) is 1.38. The molecule has 3 rings (SSSR count). The average Bonchev–Trinajstić information content (AvgIpc) is 2.83. The van der Waals surface area contributed by atoms with Crippen molar-refractivity contribution in [3.63, 3.8) is 0 Å². The summed E-state index contributed by atoms with van der Waals surface area (Å²) >= 11 is 1.74. The van der Waals surface area contributed by atoms with Crippen LogP contribution >= 0.6 is 11.3 Å². The maximum Gasteiger partial charge on any atom is 0.234 e. The van der Waals surface area contributed by atoms with E-state index < -0.39 is 0 Å². The number of carbonyl (C=O) groups is 1. The average molecular weight is 250 g/mol. The van der Waals surface area contributed by atoms with Crippen molar-refractivity contribution in [3.05, 3.63) is 22.4 Å². The molecule has 1 aromatic rings. The number of hydrogen-bond donors (Lipinski definition) is 1. The Morgan fingerprint density at radius 3 is 3.06 bits per heavy atom. The fourth-order valence-corrected chi connectivity index (χ4v) is 3.25. The van der Waals surface area contributed by atoms with Gasteiger partial charge in [0.25, 0.3) is 0 Å². The van der Waals surface area contributed by atoms with E-state index in [-0.39, 0.29) is 5.91 Å². The van der Waals surface area contributed by atoms with Crippen LogP contribution in [0.15, 0.2) is 16.8 Å². The third-order valence-corrected chi connectivity index (χ3v) is 4.28. The van der Waals surface area contributed by atoms with Crippen LogP contribution in [-0.2, 0) is 4.79 Å². The predicted octanol–water partition coefficient (Wildman–Crippen LogP) is 2.16. The SMILES string of the molecule is O=C(CN1CCCC1c1ccsc1)NC1CC1. The van der Waals surface area contributed by atoms with Crippen molar-refractivity contribution < 1.29 is 4.79 Å². The Bertz CT molecular complexity index is 386. The minimum Gasteiger partial charge on any atom is -0.352 e. The highest BCUT2D eigenvalue weighted by molar-refractivity contribution is 7.07. The molecule has 2 aliphatic rings. The van der Waals surface area contributed by atoms with Gasteiger partial charge in [0.05, 0.1) is 6.54 Å². The fraction of sp³-hybridized carbons (Fsp3) is 0.615. The standard InChI is InChI=1S/C13H18N2OS/c16-13(14-11-3-4-11)8-15-6-1-2-12(15)10-5-7-17-9-10/h5,7,9,11-12H,1-4,6,8H2,(H,14,16). The first-order valence-corrected chi connectivity index (χ1v) is 7.33. The first-order valence-electron chi connectivity index (χ1n) is 6.38. The molecule has 4 heteroatoms. The lowest BCUT2D eigenvalue weighted by atomic mass is 10.1. The first-order chi connectivity index (χ1) is 8.33. The molecule has 2 fully saturated rings. The number of thiophene rings is 1. The fourth-order valence-electron chi connectivity index (χ4n) is 2.54. The molecule has 0 radical (unpaired) electrons. The molecule has 1 saturated carbocycles. The topological polar surface area (TPSA) is 32.3 Å². The second kappa shape index (κ2) is 4.78. The van der Waals surface area contributed by atoms with Crippen molar-refractivity contribution in [1.29, 1.82) is 0 Å². The van der Waals surface area contributed by atoms with Gasteiger partial charge < -0.3 is 5.32 Å². The van der Waals surface area contributed by atoms with Crippen molar-refractivity contribution in [1.82, 2.24) is 10.2 Å². The van der Waals surface area contributed by atoms with Gasteiger partial charge in [-0.15, -0.1) is 0 Å². The summed E-state index contributed by atoms with van der Waals surface area (Å²) in [4.78, 5) is 14.1. The molecule has 1 atom stereocenters. The van der Waals surface area contributed by atoms with E-state index in [0.29, 0.717) is 18.6 Å². The molecule has 2 heterocycles. The molecule has 0 aromatic carbocycles. The highest BCUT2D eigenvalue weighted by Crippen LogP contribution is 2.32. The summed E-state index contributed by atoms with van der Waals surface area (Å²) in [6, 6.07) is 3.13. The Morgan fingerprint density at radius 2 is 2.35 bits per heavy atom. The monoisotopic (exact) mass is 250 g/mol. The molecule has 1 amide bonds. The van der Waals surface area contributed by atoms with Gasteiger partial charge in [0.15, 0.2) is 0 Å². The Kier molecular flexibility index (Phi) is 3.16. The van der Waals surface area contributed by atoms with Gasteiger partial charge in [0.2, 0.25) is 5.91 Å². The third-order valence-electron chi connectivity index (χ3n) is 3.58. The normalized spacial score (nSPS) is 25.1. The second-order valence-corrected chi connectivity index (χ2v) is 5.81. The molecule has 92 valence electrons. The van der Waals surface area contributed by atoms with E-state index >= 15 is 0 Å². The predicted molar refractivity (Wildman–Crippen MR) is 69.0 cm³/mol. The molecule has 1 aliphatic carbocycles. The van der Waals surface area contributed by atoms with Crippen molar-refractivity contribution >= 4 is 17.2 Å². The van der Waals surface area contributed by atoms with Crippen LogP contribution in [0.4, 0.5) is 0 Å². The zero-order chi connectivity index (χ0) is 11.7. The molecule has 17 heavy (non-hydrogen) atoms. The Hall–Kier alpha value is -0.870. The van der Waals surface area contributed by atoms with Crippen LogP contribution in [-0.4, -0.2) is 29.9 Å². The number of nitrogens with zero attached hydrogens (tertiary/aromatic N) is 1. The molecule has 1 aromatic heterocycles. The quantitative estimate of drug-likeness (QED) is 0.888. The second-order valence-electron chi connectivity index (χ2n) is 5.03. The van der Waals surface area contributed by atoms with Crippen LogP contribution in [0, 0.1) is 0 Å². The maximum atomic E-state index is 11.8. The summed E-state index contributed by atoms with van der Waals surface area (Å²) in [6.07, 6.45) is 4.73. The lowest BCUT2D eigenvalue weighted by molar-refractivity contribution is -0.122. The van der Waals surface area contributed by atoms with Gasteiger partial charge in [-0.1, -0.05) is 0 Å². The summed E-state index contributed by atoms with van der Waals surface area (Å²) in [7, 11) is 0. The smallest absolute Gasteiger partial charge is 0.234 e. The summed E-state index contributed by atoms with van der Waals surface area (Å²) < 4.78 is 0. The van der Waals surface area contributed by atoms with Gasteiger partial charge in [-0.3, -0.25) is 9.69 Å². The maximum absolute atomic E-state index is 11.8. The molecule has 0 bridgehead atoms. The summed E-state index contributed by atoms with van der Waals surface area (Å²) in [6.45, 7) is 1.62. The molecule has 1 unspecified atom stereocenters. The number of rotatable bonds is 4. The van der Waals surface area contributed by atoms with Crippen LogP contribution in [0.3, 0.4) is 0 Å². The van der Waals surface area contributed by atoms with Crippen LogP contribution in [0.5, 0.6) is 0 Å². The van der Waals surface area contributed by atoms with Crippen LogP contribution in [0.25, 0.3) is 0 Å². The van der Waals surface area contributed by atoms with Crippen LogP contribution < -0.4 is 5.32 Å². The summed E-state index contributed by atoms with van der Waals surface area (Å²) in [5.74, 6) is 0.203. The Morgan fingerprint density at radius 1 is 1.47 bits per heavy atom. The lowest BCUT2D eigenvalue weighted by Gasteiger charge is -2.23. The zero-order valence-electron chi connectivity index (χ0n) is 9.89. The van der Waals surface area contributed by atoms with Gasteiger partial charge in [-0.05, 0) is 54.6 Å².